The second-order valence-corrected chi connectivity index (χ2v) is 5.43. The van der Waals surface area contributed by atoms with E-state index in [0.29, 0.717) is 36.9 Å². The van der Waals surface area contributed by atoms with E-state index in [2.05, 4.69) is 0 Å². The first-order chi connectivity index (χ1) is 10.5. The molecule has 0 spiro atoms. The molecule has 1 rings (SSSR count). The van der Waals surface area contributed by atoms with Crippen LogP contribution in [0.25, 0.3) is 0 Å². The smallest absolute Gasteiger partial charge is 0.307 e. The summed E-state index contributed by atoms with van der Waals surface area (Å²) < 4.78 is 10.1. The molecule has 0 atom stereocenters. The second-order valence-electron chi connectivity index (χ2n) is 5.43. The number of carbonyl (C=O) groups is 2. The minimum Gasteiger partial charge on any atom is -0.497 e. The molecule has 0 radical (unpaired) electrons. The highest BCUT2D eigenvalue weighted by molar-refractivity contribution is 5.94. The molecule has 0 aliphatic rings. The van der Waals surface area contributed by atoms with E-state index in [1.807, 2.05) is 13.8 Å². The van der Waals surface area contributed by atoms with E-state index in [-0.39, 0.29) is 18.3 Å². The maximum absolute atomic E-state index is 12.6. The summed E-state index contributed by atoms with van der Waals surface area (Å²) in [5.41, 5.74) is 0.559. The molecule has 0 unspecified atom stereocenters. The number of methoxy groups -OCH3 is 1. The highest BCUT2D eigenvalue weighted by atomic mass is 16.5. The number of nitrogens with zero attached hydrogens (tertiary/aromatic N) is 1. The van der Waals surface area contributed by atoms with Crippen molar-refractivity contribution in [3.8, 4) is 5.75 Å². The van der Waals surface area contributed by atoms with E-state index in [9.17, 15) is 9.59 Å². The molecule has 5 heteroatoms. The maximum atomic E-state index is 12.6. The fourth-order valence-corrected chi connectivity index (χ4v) is 2.11. The number of benzene rings is 1. The predicted molar refractivity (Wildman–Crippen MR) is 85.0 cm³/mol. The van der Waals surface area contributed by atoms with Crippen molar-refractivity contribution in [3.05, 3.63) is 29.8 Å². The molecule has 0 heterocycles. The van der Waals surface area contributed by atoms with Crippen molar-refractivity contribution < 1.29 is 19.1 Å². The lowest BCUT2D eigenvalue weighted by Crippen LogP contribution is -2.36. The lowest BCUT2D eigenvalue weighted by atomic mass is 10.1. The molecule has 0 aliphatic heterocycles. The van der Waals surface area contributed by atoms with Crippen molar-refractivity contribution in [1.29, 1.82) is 0 Å². The number of hydrogen-bond acceptors (Lipinski definition) is 4. The van der Waals surface area contributed by atoms with Crippen molar-refractivity contribution in [3.63, 3.8) is 0 Å². The number of rotatable bonds is 8. The summed E-state index contributed by atoms with van der Waals surface area (Å²) in [5.74, 6) is 0.573. The van der Waals surface area contributed by atoms with Gasteiger partial charge >= 0.3 is 5.97 Å². The van der Waals surface area contributed by atoms with Gasteiger partial charge in [-0.1, -0.05) is 19.9 Å². The molecule has 122 valence electrons. The molecular weight excluding hydrogens is 282 g/mol. The Bertz CT molecular complexity index is 499. The van der Waals surface area contributed by atoms with Crippen LogP contribution in [-0.2, 0) is 9.53 Å². The largest absolute Gasteiger partial charge is 0.497 e. The van der Waals surface area contributed by atoms with Gasteiger partial charge in [0.25, 0.3) is 5.91 Å². The van der Waals surface area contributed by atoms with Gasteiger partial charge in [-0.15, -0.1) is 0 Å². The molecule has 0 saturated heterocycles. The zero-order valence-corrected chi connectivity index (χ0v) is 13.8. The van der Waals surface area contributed by atoms with Gasteiger partial charge in [-0.25, -0.2) is 0 Å². The Kier molecular flexibility index (Phi) is 7.43. The van der Waals surface area contributed by atoms with Crippen LogP contribution in [0.2, 0.25) is 0 Å². The average Bonchev–Trinajstić information content (AvgIpc) is 2.50. The summed E-state index contributed by atoms with van der Waals surface area (Å²) in [6, 6.07) is 7.04. The van der Waals surface area contributed by atoms with Crippen molar-refractivity contribution in [1.82, 2.24) is 4.90 Å². The lowest BCUT2D eigenvalue weighted by Gasteiger charge is -2.24. The number of ether oxygens (including phenoxy) is 2. The quantitative estimate of drug-likeness (QED) is 0.693. The third-order valence-electron chi connectivity index (χ3n) is 3.08. The van der Waals surface area contributed by atoms with Gasteiger partial charge in [0, 0.05) is 18.7 Å². The summed E-state index contributed by atoms with van der Waals surface area (Å²) in [6.45, 7) is 7.15. The molecule has 0 fully saturated rings. The lowest BCUT2D eigenvalue weighted by molar-refractivity contribution is -0.143. The first kappa shape index (κ1) is 18.0. The molecule has 0 aromatic heterocycles. The number of hydrogen-bond donors (Lipinski definition) is 0. The zero-order valence-electron chi connectivity index (χ0n) is 13.8. The Morgan fingerprint density at radius 2 is 2.00 bits per heavy atom. The van der Waals surface area contributed by atoms with Crippen LogP contribution in [0.4, 0.5) is 0 Å². The number of esters is 1. The van der Waals surface area contributed by atoms with E-state index in [4.69, 9.17) is 9.47 Å². The monoisotopic (exact) mass is 307 g/mol. The van der Waals surface area contributed by atoms with Gasteiger partial charge in [0.05, 0.1) is 20.1 Å². The molecule has 0 N–H and O–H groups in total. The SMILES string of the molecule is CCOC(=O)CCN(CC(C)C)C(=O)c1cccc(OC)c1. The third-order valence-corrected chi connectivity index (χ3v) is 3.08. The van der Waals surface area contributed by atoms with Crippen molar-refractivity contribution in [2.24, 2.45) is 5.92 Å². The van der Waals surface area contributed by atoms with E-state index < -0.39 is 0 Å². The highest BCUT2D eigenvalue weighted by Gasteiger charge is 2.18. The summed E-state index contributed by atoms with van der Waals surface area (Å²) >= 11 is 0. The van der Waals surface area contributed by atoms with Crippen LogP contribution in [0.15, 0.2) is 24.3 Å². The minimum atomic E-state index is -0.283. The highest BCUT2D eigenvalue weighted by Crippen LogP contribution is 2.15. The van der Waals surface area contributed by atoms with Gasteiger partial charge in [0.15, 0.2) is 0 Å². The Balaban J connectivity index is 2.80. The van der Waals surface area contributed by atoms with Gasteiger partial charge in [-0.05, 0) is 31.0 Å². The molecule has 0 bridgehead atoms. The molecule has 1 aromatic carbocycles. The Hall–Kier alpha value is -2.04. The molecule has 1 amide bonds. The minimum absolute atomic E-state index is 0.100. The Morgan fingerprint density at radius 3 is 2.59 bits per heavy atom. The summed E-state index contributed by atoms with van der Waals surface area (Å²) in [6.07, 6.45) is 0.205. The summed E-state index contributed by atoms with van der Waals surface area (Å²) in [4.78, 5) is 25.8. The van der Waals surface area contributed by atoms with Gasteiger partial charge in [0.2, 0.25) is 0 Å². The third kappa shape index (κ3) is 5.76. The fraction of sp³-hybridized carbons (Fsp3) is 0.529. The first-order valence-corrected chi connectivity index (χ1v) is 7.56. The predicted octanol–water partition coefficient (Wildman–Crippen LogP) is 2.75. The van der Waals surface area contributed by atoms with Crippen LogP contribution in [0.3, 0.4) is 0 Å². The van der Waals surface area contributed by atoms with Gasteiger partial charge in [-0.2, -0.15) is 0 Å². The molecular formula is C17H25NO4. The van der Waals surface area contributed by atoms with E-state index in [1.54, 1.807) is 43.2 Å². The second kappa shape index (κ2) is 9.07. The Labute approximate surface area is 132 Å². The van der Waals surface area contributed by atoms with Crippen LogP contribution in [-0.4, -0.2) is 43.6 Å². The maximum Gasteiger partial charge on any atom is 0.307 e. The molecule has 5 nitrogen and oxygen atoms in total. The van der Waals surface area contributed by atoms with Crippen molar-refractivity contribution in [2.75, 3.05) is 26.8 Å². The fourth-order valence-electron chi connectivity index (χ4n) is 2.11. The van der Waals surface area contributed by atoms with Crippen LogP contribution in [0.1, 0.15) is 37.6 Å². The van der Waals surface area contributed by atoms with Crippen LogP contribution >= 0.6 is 0 Å². The standard InChI is InChI=1S/C17H25NO4/c1-5-22-16(19)9-10-18(12-13(2)3)17(20)14-7-6-8-15(11-14)21-4/h6-8,11,13H,5,9-10,12H2,1-4H3. The summed E-state index contributed by atoms with van der Waals surface area (Å²) in [7, 11) is 1.57. The van der Waals surface area contributed by atoms with Crippen LogP contribution < -0.4 is 4.74 Å². The average molecular weight is 307 g/mol. The molecule has 22 heavy (non-hydrogen) atoms. The van der Waals surface area contributed by atoms with Gasteiger partial charge in [-0.3, -0.25) is 9.59 Å². The van der Waals surface area contributed by atoms with E-state index >= 15 is 0 Å². The van der Waals surface area contributed by atoms with Crippen molar-refractivity contribution in [2.45, 2.75) is 27.2 Å². The topological polar surface area (TPSA) is 55.8 Å². The van der Waals surface area contributed by atoms with Crippen molar-refractivity contribution >= 4 is 11.9 Å². The number of amides is 1. The Morgan fingerprint density at radius 1 is 1.27 bits per heavy atom. The van der Waals surface area contributed by atoms with Crippen LogP contribution in [0, 0.1) is 5.92 Å². The normalized spacial score (nSPS) is 10.4. The zero-order chi connectivity index (χ0) is 16.5. The summed E-state index contributed by atoms with van der Waals surface area (Å²) in [5, 5.41) is 0. The van der Waals surface area contributed by atoms with Gasteiger partial charge in [0.1, 0.15) is 5.75 Å². The number of carbonyl (C=O) groups excluding carboxylic acids is 2. The van der Waals surface area contributed by atoms with Crippen LogP contribution in [0.5, 0.6) is 5.75 Å². The van der Waals surface area contributed by atoms with Gasteiger partial charge < -0.3 is 14.4 Å². The van der Waals surface area contributed by atoms with E-state index in [0.717, 1.165) is 0 Å². The molecule has 1 aromatic rings. The van der Waals surface area contributed by atoms with E-state index in [1.165, 1.54) is 0 Å². The molecule has 0 saturated carbocycles. The molecule has 0 aliphatic carbocycles. The first-order valence-electron chi connectivity index (χ1n) is 7.56.